The van der Waals surface area contributed by atoms with E-state index < -0.39 is 5.97 Å². The van der Waals surface area contributed by atoms with Crippen LogP contribution in [0.4, 0.5) is 5.69 Å². The second kappa shape index (κ2) is 7.09. The van der Waals surface area contributed by atoms with Gasteiger partial charge in [-0.3, -0.25) is 4.79 Å². The first-order valence-electron chi connectivity index (χ1n) is 7.59. The molecule has 0 aliphatic heterocycles. The SMILES string of the molecule is Cc1ccc(-c2cc(NCC(=O)C(C)C)cc(C(=O)O)c2)cc1. The summed E-state index contributed by atoms with van der Waals surface area (Å²) in [6.07, 6.45) is 0. The van der Waals surface area contributed by atoms with Gasteiger partial charge in [-0.2, -0.15) is 0 Å². The van der Waals surface area contributed by atoms with Crippen molar-refractivity contribution in [3.05, 3.63) is 53.6 Å². The van der Waals surface area contributed by atoms with Crippen molar-refractivity contribution >= 4 is 17.4 Å². The molecule has 120 valence electrons. The number of carbonyl (C=O) groups is 2. The Hall–Kier alpha value is -2.62. The maximum atomic E-state index is 11.7. The highest BCUT2D eigenvalue weighted by Crippen LogP contribution is 2.25. The summed E-state index contributed by atoms with van der Waals surface area (Å²) in [4.78, 5) is 23.1. The third kappa shape index (κ3) is 4.42. The van der Waals surface area contributed by atoms with E-state index in [1.807, 2.05) is 51.1 Å². The van der Waals surface area contributed by atoms with E-state index in [9.17, 15) is 14.7 Å². The summed E-state index contributed by atoms with van der Waals surface area (Å²) in [5.41, 5.74) is 3.72. The molecule has 0 unspecified atom stereocenters. The van der Waals surface area contributed by atoms with Crippen molar-refractivity contribution < 1.29 is 14.7 Å². The third-order valence-electron chi connectivity index (χ3n) is 3.68. The first-order valence-corrected chi connectivity index (χ1v) is 7.59. The Kier molecular flexibility index (Phi) is 5.16. The second-order valence-corrected chi connectivity index (χ2v) is 5.94. The quantitative estimate of drug-likeness (QED) is 0.846. The lowest BCUT2D eigenvalue weighted by molar-refractivity contribution is -0.120. The molecule has 0 amide bonds. The average Bonchev–Trinajstić information content (AvgIpc) is 2.52. The summed E-state index contributed by atoms with van der Waals surface area (Å²) in [6.45, 7) is 5.88. The van der Waals surface area contributed by atoms with Gasteiger partial charge in [0.15, 0.2) is 5.78 Å². The first-order chi connectivity index (χ1) is 10.9. The molecule has 0 aromatic heterocycles. The molecule has 0 bridgehead atoms. The van der Waals surface area contributed by atoms with Crippen LogP contribution in [0, 0.1) is 12.8 Å². The monoisotopic (exact) mass is 311 g/mol. The van der Waals surface area contributed by atoms with Crippen molar-refractivity contribution in [3.8, 4) is 11.1 Å². The number of benzene rings is 2. The normalized spacial score (nSPS) is 10.6. The van der Waals surface area contributed by atoms with Crippen LogP contribution >= 0.6 is 0 Å². The molecule has 0 radical (unpaired) electrons. The maximum Gasteiger partial charge on any atom is 0.335 e. The fraction of sp³-hybridized carbons (Fsp3) is 0.263. The Bertz CT molecular complexity index is 718. The van der Waals surface area contributed by atoms with Crippen LogP contribution in [-0.4, -0.2) is 23.4 Å². The van der Waals surface area contributed by atoms with Crippen molar-refractivity contribution in [1.82, 2.24) is 0 Å². The average molecular weight is 311 g/mol. The number of carboxylic acids is 1. The van der Waals surface area contributed by atoms with Crippen LogP contribution in [0.25, 0.3) is 11.1 Å². The number of aryl methyl sites for hydroxylation is 1. The maximum absolute atomic E-state index is 11.7. The predicted octanol–water partition coefficient (Wildman–Crippen LogP) is 4.00. The number of carboxylic acid groups (broad SMARTS) is 1. The zero-order valence-electron chi connectivity index (χ0n) is 13.6. The molecular weight excluding hydrogens is 290 g/mol. The van der Waals surface area contributed by atoms with Gasteiger partial charge in [0.25, 0.3) is 0 Å². The van der Waals surface area contributed by atoms with Gasteiger partial charge in [0.05, 0.1) is 12.1 Å². The van der Waals surface area contributed by atoms with Gasteiger partial charge >= 0.3 is 5.97 Å². The number of Topliss-reactive ketones (excluding diaryl/α,β-unsaturated/α-hetero) is 1. The number of ketones is 1. The first kappa shape index (κ1) is 16.7. The fourth-order valence-corrected chi connectivity index (χ4v) is 2.16. The molecule has 2 aromatic carbocycles. The van der Waals surface area contributed by atoms with Gasteiger partial charge in [-0.25, -0.2) is 4.79 Å². The molecular formula is C19H21NO3. The Morgan fingerprint density at radius 2 is 1.70 bits per heavy atom. The largest absolute Gasteiger partial charge is 0.478 e. The number of anilines is 1. The van der Waals surface area contributed by atoms with Gasteiger partial charge in [-0.05, 0) is 36.2 Å². The smallest absolute Gasteiger partial charge is 0.335 e. The number of rotatable bonds is 6. The molecule has 0 fully saturated rings. The summed E-state index contributed by atoms with van der Waals surface area (Å²) < 4.78 is 0. The van der Waals surface area contributed by atoms with Gasteiger partial charge in [0.2, 0.25) is 0 Å². The minimum absolute atomic E-state index is 0.0540. The molecule has 0 atom stereocenters. The molecule has 0 aliphatic carbocycles. The fourth-order valence-electron chi connectivity index (χ4n) is 2.16. The zero-order valence-corrected chi connectivity index (χ0v) is 13.6. The van der Waals surface area contributed by atoms with Gasteiger partial charge in [-0.15, -0.1) is 0 Å². The standard InChI is InChI=1S/C19H21NO3/c1-12(2)18(21)11-20-17-9-15(8-16(10-17)19(22)23)14-6-4-13(3)5-7-14/h4-10,12,20H,11H2,1-3H3,(H,22,23). The Morgan fingerprint density at radius 3 is 2.26 bits per heavy atom. The Labute approximate surface area is 136 Å². The van der Waals surface area contributed by atoms with E-state index in [2.05, 4.69) is 5.32 Å². The van der Waals surface area contributed by atoms with E-state index in [1.165, 1.54) is 0 Å². The van der Waals surface area contributed by atoms with E-state index in [1.54, 1.807) is 12.1 Å². The Morgan fingerprint density at radius 1 is 1.04 bits per heavy atom. The van der Waals surface area contributed by atoms with Crippen LogP contribution in [0.1, 0.15) is 29.8 Å². The summed E-state index contributed by atoms with van der Waals surface area (Å²) >= 11 is 0. The predicted molar refractivity (Wildman–Crippen MR) is 91.9 cm³/mol. The van der Waals surface area contributed by atoms with E-state index in [4.69, 9.17) is 0 Å². The topological polar surface area (TPSA) is 66.4 Å². The van der Waals surface area contributed by atoms with Crippen molar-refractivity contribution in [2.45, 2.75) is 20.8 Å². The minimum Gasteiger partial charge on any atom is -0.478 e. The highest BCUT2D eigenvalue weighted by Gasteiger charge is 2.11. The summed E-state index contributed by atoms with van der Waals surface area (Å²) in [5, 5.41) is 12.3. The third-order valence-corrected chi connectivity index (χ3v) is 3.68. The molecule has 2 N–H and O–H groups in total. The lowest BCUT2D eigenvalue weighted by Crippen LogP contribution is -2.18. The number of hydrogen-bond acceptors (Lipinski definition) is 3. The summed E-state index contributed by atoms with van der Waals surface area (Å²) in [6, 6.07) is 12.9. The van der Waals surface area contributed by atoms with Gasteiger partial charge in [-0.1, -0.05) is 43.7 Å². The van der Waals surface area contributed by atoms with E-state index in [0.717, 1.165) is 16.7 Å². The van der Waals surface area contributed by atoms with Crippen LogP contribution in [0.3, 0.4) is 0 Å². The molecule has 0 heterocycles. The molecule has 2 rings (SSSR count). The lowest BCUT2D eigenvalue weighted by Gasteiger charge is -2.11. The number of carbonyl (C=O) groups excluding carboxylic acids is 1. The molecule has 0 saturated carbocycles. The number of nitrogens with one attached hydrogen (secondary N) is 1. The molecule has 0 aliphatic rings. The van der Waals surface area contributed by atoms with Crippen LogP contribution in [0.15, 0.2) is 42.5 Å². The molecule has 4 nitrogen and oxygen atoms in total. The van der Waals surface area contributed by atoms with E-state index in [-0.39, 0.29) is 23.8 Å². The van der Waals surface area contributed by atoms with Crippen LogP contribution in [-0.2, 0) is 4.79 Å². The Balaban J connectivity index is 2.33. The van der Waals surface area contributed by atoms with E-state index >= 15 is 0 Å². The minimum atomic E-state index is -0.989. The lowest BCUT2D eigenvalue weighted by atomic mass is 10.0. The molecule has 4 heteroatoms. The second-order valence-electron chi connectivity index (χ2n) is 5.94. The summed E-state index contributed by atoms with van der Waals surface area (Å²) in [7, 11) is 0. The van der Waals surface area contributed by atoms with Crippen LogP contribution in [0.2, 0.25) is 0 Å². The molecule has 0 saturated heterocycles. The summed E-state index contributed by atoms with van der Waals surface area (Å²) in [5.74, 6) is -0.957. The number of aromatic carboxylic acids is 1. The van der Waals surface area contributed by atoms with Crippen molar-refractivity contribution in [2.75, 3.05) is 11.9 Å². The van der Waals surface area contributed by atoms with Gasteiger partial charge < -0.3 is 10.4 Å². The van der Waals surface area contributed by atoms with Crippen molar-refractivity contribution in [1.29, 1.82) is 0 Å². The number of hydrogen-bond donors (Lipinski definition) is 2. The van der Waals surface area contributed by atoms with Crippen LogP contribution < -0.4 is 5.32 Å². The molecule has 2 aromatic rings. The zero-order chi connectivity index (χ0) is 17.0. The van der Waals surface area contributed by atoms with Crippen LogP contribution in [0.5, 0.6) is 0 Å². The molecule has 23 heavy (non-hydrogen) atoms. The highest BCUT2D eigenvalue weighted by atomic mass is 16.4. The van der Waals surface area contributed by atoms with Gasteiger partial charge in [0.1, 0.15) is 0 Å². The molecule has 0 spiro atoms. The highest BCUT2D eigenvalue weighted by molar-refractivity contribution is 5.92. The van der Waals surface area contributed by atoms with Gasteiger partial charge in [0, 0.05) is 11.6 Å². The van der Waals surface area contributed by atoms with Crippen molar-refractivity contribution in [2.24, 2.45) is 5.92 Å². The van der Waals surface area contributed by atoms with Crippen molar-refractivity contribution in [3.63, 3.8) is 0 Å². The van der Waals surface area contributed by atoms with E-state index in [0.29, 0.717) is 5.69 Å².